The Morgan fingerprint density at radius 1 is 1.14 bits per heavy atom. The molecular formula is C21H27N4O3+. The first-order valence-electron chi connectivity index (χ1n) is 9.71. The number of hydrogen-bond donors (Lipinski definition) is 1. The van der Waals surface area contributed by atoms with Crippen LogP contribution in [-0.2, 0) is 4.79 Å². The van der Waals surface area contributed by atoms with Crippen LogP contribution in [0.15, 0.2) is 54.6 Å². The van der Waals surface area contributed by atoms with Gasteiger partial charge in [0.05, 0.1) is 31.1 Å². The first kappa shape index (κ1) is 19.8. The molecule has 2 aromatic rings. The molecule has 1 heterocycles. The van der Waals surface area contributed by atoms with Gasteiger partial charge in [0, 0.05) is 30.1 Å². The lowest BCUT2D eigenvalue weighted by molar-refractivity contribution is -0.914. The predicted octanol–water partition coefficient (Wildman–Crippen LogP) is 1.74. The second-order valence-electron chi connectivity index (χ2n) is 7.06. The topological polar surface area (TPSA) is 71.1 Å². The highest BCUT2D eigenvalue weighted by atomic mass is 16.6. The van der Waals surface area contributed by atoms with Crippen molar-refractivity contribution >= 4 is 23.0 Å². The van der Waals surface area contributed by atoms with Gasteiger partial charge in [-0.15, -0.1) is 0 Å². The fourth-order valence-corrected chi connectivity index (χ4v) is 3.75. The quantitative estimate of drug-likeness (QED) is 0.609. The lowest BCUT2D eigenvalue weighted by Crippen LogP contribution is -3.19. The minimum atomic E-state index is -0.384. The third-order valence-corrected chi connectivity index (χ3v) is 5.46. The zero-order valence-corrected chi connectivity index (χ0v) is 16.4. The molecule has 1 aliphatic heterocycles. The van der Waals surface area contributed by atoms with Crippen molar-refractivity contribution in [2.24, 2.45) is 0 Å². The Morgan fingerprint density at radius 3 is 2.29 bits per heavy atom. The molecule has 0 radical (unpaired) electrons. The van der Waals surface area contributed by atoms with E-state index in [1.165, 1.54) is 4.90 Å². The number of piperazine rings is 1. The summed E-state index contributed by atoms with van der Waals surface area (Å²) in [4.78, 5) is 28.8. The predicted molar refractivity (Wildman–Crippen MR) is 110 cm³/mol. The maximum atomic E-state index is 13.1. The van der Waals surface area contributed by atoms with E-state index in [9.17, 15) is 14.9 Å². The van der Waals surface area contributed by atoms with Crippen LogP contribution in [0.25, 0.3) is 0 Å². The molecule has 0 spiro atoms. The van der Waals surface area contributed by atoms with Crippen LogP contribution in [0.5, 0.6) is 0 Å². The Hall–Kier alpha value is -2.93. The molecule has 0 aliphatic carbocycles. The number of carbonyl (C=O) groups is 1. The van der Waals surface area contributed by atoms with Crippen molar-refractivity contribution < 1.29 is 14.6 Å². The fraction of sp³-hybridized carbons (Fsp3) is 0.381. The number of para-hydroxylation sites is 1. The average Bonchev–Trinajstić information content (AvgIpc) is 2.74. The van der Waals surface area contributed by atoms with Crippen LogP contribution in [0.4, 0.5) is 17.1 Å². The molecule has 0 aromatic heterocycles. The number of amides is 1. The van der Waals surface area contributed by atoms with Crippen LogP contribution < -0.4 is 14.7 Å². The van der Waals surface area contributed by atoms with Gasteiger partial charge in [0.2, 0.25) is 0 Å². The highest BCUT2D eigenvalue weighted by Crippen LogP contribution is 2.19. The van der Waals surface area contributed by atoms with Gasteiger partial charge in [-0.05, 0) is 38.1 Å². The first-order valence-corrected chi connectivity index (χ1v) is 9.71. The molecule has 2 aromatic carbocycles. The monoisotopic (exact) mass is 383 g/mol. The zero-order valence-electron chi connectivity index (χ0n) is 16.4. The molecule has 1 fully saturated rings. The van der Waals surface area contributed by atoms with Gasteiger partial charge in [0.25, 0.3) is 11.6 Å². The number of anilines is 2. The van der Waals surface area contributed by atoms with Gasteiger partial charge in [-0.25, -0.2) is 0 Å². The van der Waals surface area contributed by atoms with E-state index < -0.39 is 0 Å². The number of carbonyl (C=O) groups excluding carboxylic acids is 1. The van der Waals surface area contributed by atoms with Crippen molar-refractivity contribution in [2.45, 2.75) is 19.9 Å². The van der Waals surface area contributed by atoms with Crippen molar-refractivity contribution in [3.05, 3.63) is 64.7 Å². The summed E-state index contributed by atoms with van der Waals surface area (Å²) >= 11 is 0. The second-order valence-corrected chi connectivity index (χ2v) is 7.06. The molecule has 28 heavy (non-hydrogen) atoms. The maximum absolute atomic E-state index is 13.1. The van der Waals surface area contributed by atoms with Gasteiger partial charge >= 0.3 is 0 Å². The molecule has 1 N–H and O–H groups in total. The summed E-state index contributed by atoms with van der Waals surface area (Å²) in [5.41, 5.74) is 2.03. The number of rotatable bonds is 6. The normalized spacial score (nSPS) is 15.9. The summed E-state index contributed by atoms with van der Waals surface area (Å²) < 4.78 is 0. The molecule has 1 atom stereocenters. The van der Waals surface area contributed by atoms with E-state index >= 15 is 0 Å². The summed E-state index contributed by atoms with van der Waals surface area (Å²) in [6.45, 7) is 8.01. The van der Waals surface area contributed by atoms with Crippen LogP contribution in [0, 0.1) is 10.1 Å². The van der Waals surface area contributed by atoms with Crippen LogP contribution in [-0.4, -0.2) is 49.6 Å². The summed E-state index contributed by atoms with van der Waals surface area (Å²) in [5, 5.41) is 10.8. The number of quaternary nitrogens is 1. The molecule has 148 valence electrons. The van der Waals surface area contributed by atoms with Crippen LogP contribution in [0.2, 0.25) is 0 Å². The molecule has 0 saturated carbocycles. The van der Waals surface area contributed by atoms with Gasteiger partial charge in [-0.2, -0.15) is 0 Å². The highest BCUT2D eigenvalue weighted by molar-refractivity contribution is 5.96. The largest absolute Gasteiger partial charge is 0.360 e. The number of nitrogens with zero attached hydrogens (tertiary/aromatic N) is 3. The molecule has 1 saturated heterocycles. The number of benzene rings is 2. The number of likely N-dealkylation sites (N-methyl/N-ethyl adjacent to an activating group) is 1. The van der Waals surface area contributed by atoms with Gasteiger partial charge < -0.3 is 14.7 Å². The summed E-state index contributed by atoms with van der Waals surface area (Å²) in [7, 11) is 0. The molecule has 3 rings (SSSR count). The number of nitro benzene ring substituents is 1. The van der Waals surface area contributed by atoms with E-state index in [1.807, 2.05) is 49.1 Å². The lowest BCUT2D eigenvalue weighted by atomic mass is 10.1. The molecule has 7 nitrogen and oxygen atoms in total. The molecule has 1 aliphatic rings. The Balaban J connectivity index is 1.60. The minimum Gasteiger partial charge on any atom is -0.360 e. The van der Waals surface area contributed by atoms with E-state index in [0.717, 1.165) is 37.6 Å². The van der Waals surface area contributed by atoms with Crippen LogP contribution >= 0.6 is 0 Å². The van der Waals surface area contributed by atoms with Crippen molar-refractivity contribution in [1.82, 2.24) is 0 Å². The van der Waals surface area contributed by atoms with E-state index in [-0.39, 0.29) is 22.6 Å². The van der Waals surface area contributed by atoms with E-state index in [0.29, 0.717) is 6.54 Å². The van der Waals surface area contributed by atoms with E-state index in [2.05, 4.69) is 4.90 Å². The number of nitro groups is 1. The maximum Gasteiger partial charge on any atom is 0.284 e. The molecule has 1 amide bonds. The van der Waals surface area contributed by atoms with Crippen molar-refractivity contribution in [2.75, 3.05) is 42.5 Å². The zero-order chi connectivity index (χ0) is 20.1. The smallest absolute Gasteiger partial charge is 0.284 e. The molecular weight excluding hydrogens is 356 g/mol. The molecule has 7 heteroatoms. The first-order chi connectivity index (χ1) is 13.5. The summed E-state index contributed by atoms with van der Waals surface area (Å²) in [6.07, 6.45) is 0. The van der Waals surface area contributed by atoms with Crippen LogP contribution in [0.3, 0.4) is 0 Å². The lowest BCUT2D eigenvalue weighted by Gasteiger charge is -2.37. The Bertz CT molecular complexity index is 802. The van der Waals surface area contributed by atoms with Gasteiger partial charge in [-0.1, -0.05) is 18.2 Å². The molecule has 0 bridgehead atoms. The van der Waals surface area contributed by atoms with Gasteiger partial charge in [0.15, 0.2) is 6.04 Å². The van der Waals surface area contributed by atoms with Gasteiger partial charge in [-0.3, -0.25) is 14.9 Å². The van der Waals surface area contributed by atoms with Crippen molar-refractivity contribution in [1.29, 1.82) is 0 Å². The third kappa shape index (κ3) is 4.31. The van der Waals surface area contributed by atoms with E-state index in [4.69, 9.17) is 0 Å². The Kier molecular flexibility index (Phi) is 6.26. The summed E-state index contributed by atoms with van der Waals surface area (Å²) in [5.74, 6) is 0.146. The number of non-ortho nitro benzene ring substituents is 1. The minimum absolute atomic E-state index is 0.104. The summed E-state index contributed by atoms with van der Waals surface area (Å²) in [6, 6.07) is 16.4. The van der Waals surface area contributed by atoms with Crippen molar-refractivity contribution in [3.8, 4) is 0 Å². The SMILES string of the molecule is CCN(C(=O)[C@@H](C)[NH+]1CCN(c2ccc([N+](=O)[O-])cc2)CC1)c1ccccc1. The Morgan fingerprint density at radius 2 is 1.75 bits per heavy atom. The fourth-order valence-electron chi connectivity index (χ4n) is 3.75. The third-order valence-electron chi connectivity index (χ3n) is 5.46. The van der Waals surface area contributed by atoms with E-state index in [1.54, 1.807) is 24.3 Å². The van der Waals surface area contributed by atoms with Gasteiger partial charge in [0.1, 0.15) is 0 Å². The Labute approximate surface area is 165 Å². The number of nitrogens with one attached hydrogen (secondary N) is 1. The highest BCUT2D eigenvalue weighted by Gasteiger charge is 2.32. The average molecular weight is 383 g/mol. The second kappa shape index (κ2) is 8.84. The van der Waals surface area contributed by atoms with Crippen LogP contribution in [0.1, 0.15) is 13.8 Å². The standard InChI is InChI=1S/C21H26N4O3/c1-3-24(19-7-5-4-6-8-19)21(26)17(2)22-13-15-23(16-14-22)18-9-11-20(12-10-18)25(27)28/h4-12,17H,3,13-16H2,1-2H3/p+1/t17-/m1/s1. The number of hydrogen-bond acceptors (Lipinski definition) is 4. The molecule has 0 unspecified atom stereocenters. The van der Waals surface area contributed by atoms with Crippen molar-refractivity contribution in [3.63, 3.8) is 0 Å².